The molecule has 0 radical (unpaired) electrons. The van der Waals surface area contributed by atoms with Crippen LogP contribution in [-0.2, 0) is 25.6 Å². The molecule has 1 rings (SSSR count). The van der Waals surface area contributed by atoms with E-state index in [0.717, 1.165) is 5.56 Å². The molecule has 1 atom stereocenters. The molecule has 0 unspecified atom stereocenters. The third-order valence-electron chi connectivity index (χ3n) is 3.07. The van der Waals surface area contributed by atoms with Gasteiger partial charge in [-0.2, -0.15) is 0 Å². The summed E-state index contributed by atoms with van der Waals surface area (Å²) in [5.74, 6) is -0.524. The van der Waals surface area contributed by atoms with Crippen molar-refractivity contribution in [1.29, 1.82) is 0 Å². The van der Waals surface area contributed by atoms with E-state index in [-0.39, 0.29) is 19.6 Å². The van der Waals surface area contributed by atoms with Gasteiger partial charge in [-0.05, 0) is 26.3 Å². The summed E-state index contributed by atoms with van der Waals surface area (Å²) in [6.07, 6.45) is -1.47. The van der Waals surface area contributed by atoms with Gasteiger partial charge in [0.25, 0.3) is 0 Å². The third-order valence-corrected chi connectivity index (χ3v) is 3.07. The average Bonchev–Trinajstić information content (AvgIpc) is 2.57. The molecule has 0 fully saturated rings. The molecule has 0 bridgehead atoms. The molecule has 0 aliphatic carbocycles. The number of amides is 2. The van der Waals surface area contributed by atoms with Crippen LogP contribution in [0.3, 0.4) is 0 Å². The highest BCUT2D eigenvalue weighted by Crippen LogP contribution is 2.06. The Morgan fingerprint density at radius 1 is 1.08 bits per heavy atom. The lowest BCUT2D eigenvalue weighted by Gasteiger charge is -2.22. The molecule has 1 aromatic carbocycles. The lowest BCUT2D eigenvalue weighted by molar-refractivity contribution is -0.141. The van der Waals surface area contributed by atoms with Gasteiger partial charge in [0.05, 0.1) is 19.6 Å². The van der Waals surface area contributed by atoms with Crippen LogP contribution in [0.2, 0.25) is 0 Å². The van der Waals surface area contributed by atoms with Gasteiger partial charge in [-0.25, -0.2) is 9.59 Å². The molecule has 8 nitrogen and oxygen atoms in total. The Kier molecular flexibility index (Phi) is 8.41. The number of carbonyl (C=O) groups is 3. The second-order valence-corrected chi connectivity index (χ2v) is 6.57. The maximum Gasteiger partial charge on any atom is 0.407 e. The summed E-state index contributed by atoms with van der Waals surface area (Å²) in [6.45, 7) is 5.29. The molecule has 1 aromatic rings. The van der Waals surface area contributed by atoms with Crippen LogP contribution in [-0.4, -0.2) is 43.5 Å². The number of hydrogen-bond donors (Lipinski definition) is 2. The average molecular weight is 366 g/mol. The molecule has 0 spiro atoms. The molecule has 0 aliphatic rings. The molecule has 144 valence electrons. The van der Waals surface area contributed by atoms with Crippen LogP contribution in [0.25, 0.3) is 0 Å². The van der Waals surface area contributed by atoms with Gasteiger partial charge >= 0.3 is 18.2 Å². The molecule has 2 amide bonds. The monoisotopic (exact) mass is 366 g/mol. The normalized spacial score (nSPS) is 11.8. The Labute approximate surface area is 153 Å². The maximum atomic E-state index is 11.9. The third kappa shape index (κ3) is 9.51. The number of nitrogens with one attached hydrogen (secondary N) is 2. The van der Waals surface area contributed by atoms with Gasteiger partial charge in [0.2, 0.25) is 0 Å². The molecule has 0 heterocycles. The summed E-state index contributed by atoms with van der Waals surface area (Å²) < 4.78 is 14.8. The van der Waals surface area contributed by atoms with Crippen LogP contribution >= 0.6 is 0 Å². The number of hydrogen-bond acceptors (Lipinski definition) is 6. The lowest BCUT2D eigenvalue weighted by atomic mass is 10.2. The van der Waals surface area contributed by atoms with E-state index in [1.807, 2.05) is 30.3 Å². The van der Waals surface area contributed by atoms with E-state index in [4.69, 9.17) is 9.47 Å². The van der Waals surface area contributed by atoms with Crippen LogP contribution in [0.4, 0.5) is 9.59 Å². The van der Waals surface area contributed by atoms with Crippen LogP contribution in [0, 0.1) is 0 Å². The molecule has 2 N–H and O–H groups in total. The Balaban J connectivity index is 2.52. The molecular formula is C18H26N2O6. The van der Waals surface area contributed by atoms with Crippen molar-refractivity contribution < 1.29 is 28.6 Å². The second-order valence-electron chi connectivity index (χ2n) is 6.57. The SMILES string of the molecule is COC(=O)C[C@H](CNC(=O)OC(C)(C)C)NC(=O)OCc1ccccc1. The number of rotatable bonds is 7. The quantitative estimate of drug-likeness (QED) is 0.567. The number of ether oxygens (including phenoxy) is 3. The second kappa shape index (κ2) is 10.3. The minimum atomic E-state index is -0.700. The maximum absolute atomic E-state index is 11.9. The molecule has 0 saturated carbocycles. The van der Waals surface area contributed by atoms with Crippen molar-refractivity contribution in [3.05, 3.63) is 35.9 Å². The van der Waals surface area contributed by atoms with E-state index in [9.17, 15) is 14.4 Å². The Morgan fingerprint density at radius 2 is 1.73 bits per heavy atom. The molecule has 0 aromatic heterocycles. The van der Waals surface area contributed by atoms with Crippen LogP contribution in [0.1, 0.15) is 32.8 Å². The Bertz CT molecular complexity index is 597. The van der Waals surface area contributed by atoms with Gasteiger partial charge in [-0.3, -0.25) is 4.79 Å². The number of benzene rings is 1. The van der Waals surface area contributed by atoms with E-state index in [1.165, 1.54) is 7.11 Å². The van der Waals surface area contributed by atoms with E-state index in [1.54, 1.807) is 20.8 Å². The summed E-state index contributed by atoms with van der Waals surface area (Å²) in [4.78, 5) is 35.2. The standard InChI is InChI=1S/C18H26N2O6/c1-18(2,3)26-16(22)19-11-14(10-15(21)24-4)20-17(23)25-12-13-8-6-5-7-9-13/h5-9,14H,10-12H2,1-4H3,(H,19,22)(H,20,23)/t14-/m1/s1. The first-order valence-corrected chi connectivity index (χ1v) is 8.20. The number of methoxy groups -OCH3 is 1. The lowest BCUT2D eigenvalue weighted by Crippen LogP contribution is -2.46. The summed E-state index contributed by atoms with van der Waals surface area (Å²) in [7, 11) is 1.24. The topological polar surface area (TPSA) is 103 Å². The highest BCUT2D eigenvalue weighted by molar-refractivity contribution is 5.73. The molecule has 0 aliphatic heterocycles. The Hall–Kier alpha value is -2.77. The smallest absolute Gasteiger partial charge is 0.407 e. The van der Waals surface area contributed by atoms with Gasteiger partial charge in [0.15, 0.2) is 0 Å². The zero-order valence-electron chi connectivity index (χ0n) is 15.5. The predicted octanol–water partition coefficient (Wildman–Crippen LogP) is 2.37. The van der Waals surface area contributed by atoms with Crippen molar-refractivity contribution in [1.82, 2.24) is 10.6 Å². The zero-order valence-corrected chi connectivity index (χ0v) is 15.5. The van der Waals surface area contributed by atoms with Crippen LogP contribution in [0.5, 0.6) is 0 Å². The van der Waals surface area contributed by atoms with Gasteiger partial charge < -0.3 is 24.8 Å². The minimum Gasteiger partial charge on any atom is -0.469 e. The zero-order chi connectivity index (χ0) is 19.6. The molecule has 0 saturated heterocycles. The molecular weight excluding hydrogens is 340 g/mol. The largest absolute Gasteiger partial charge is 0.469 e. The molecule has 8 heteroatoms. The fraction of sp³-hybridized carbons (Fsp3) is 0.500. The van der Waals surface area contributed by atoms with Crippen molar-refractivity contribution in [3.8, 4) is 0 Å². The summed E-state index contributed by atoms with van der Waals surface area (Å²) in [6, 6.07) is 8.48. The van der Waals surface area contributed by atoms with Gasteiger partial charge in [0, 0.05) is 6.54 Å². The number of esters is 1. The van der Waals surface area contributed by atoms with Crippen LogP contribution < -0.4 is 10.6 Å². The first-order valence-electron chi connectivity index (χ1n) is 8.20. The van der Waals surface area contributed by atoms with E-state index >= 15 is 0 Å². The first-order chi connectivity index (χ1) is 12.2. The number of carbonyl (C=O) groups excluding carboxylic acids is 3. The highest BCUT2D eigenvalue weighted by atomic mass is 16.6. The Morgan fingerprint density at radius 3 is 2.31 bits per heavy atom. The van der Waals surface area contributed by atoms with Crippen molar-refractivity contribution in [3.63, 3.8) is 0 Å². The summed E-state index contributed by atoms with van der Waals surface area (Å²) >= 11 is 0. The van der Waals surface area contributed by atoms with Crippen molar-refractivity contribution >= 4 is 18.2 Å². The van der Waals surface area contributed by atoms with Crippen molar-refractivity contribution in [2.24, 2.45) is 0 Å². The van der Waals surface area contributed by atoms with Gasteiger partial charge in [-0.1, -0.05) is 30.3 Å². The van der Waals surface area contributed by atoms with E-state index in [0.29, 0.717) is 0 Å². The van der Waals surface area contributed by atoms with E-state index < -0.39 is 29.8 Å². The fourth-order valence-corrected chi connectivity index (χ4v) is 1.91. The van der Waals surface area contributed by atoms with Crippen molar-refractivity contribution in [2.45, 2.75) is 45.4 Å². The first kappa shape index (κ1) is 21.3. The summed E-state index contributed by atoms with van der Waals surface area (Å²) in [5, 5.41) is 5.05. The minimum absolute atomic E-state index is 0.00947. The van der Waals surface area contributed by atoms with Crippen LogP contribution in [0.15, 0.2) is 30.3 Å². The molecule has 26 heavy (non-hydrogen) atoms. The predicted molar refractivity (Wildman–Crippen MR) is 94.4 cm³/mol. The number of alkyl carbamates (subject to hydrolysis) is 2. The summed E-state index contributed by atoms with van der Waals surface area (Å²) in [5.41, 5.74) is 0.184. The van der Waals surface area contributed by atoms with E-state index in [2.05, 4.69) is 15.4 Å². The van der Waals surface area contributed by atoms with Crippen molar-refractivity contribution in [2.75, 3.05) is 13.7 Å². The fourth-order valence-electron chi connectivity index (χ4n) is 1.91. The van der Waals surface area contributed by atoms with Gasteiger partial charge in [0.1, 0.15) is 12.2 Å². The van der Waals surface area contributed by atoms with Gasteiger partial charge in [-0.15, -0.1) is 0 Å². The highest BCUT2D eigenvalue weighted by Gasteiger charge is 2.21.